The van der Waals surface area contributed by atoms with Crippen LogP contribution in [0.5, 0.6) is 0 Å². The largest absolute Gasteiger partial charge is 0.353 e. The minimum atomic E-state index is -0.486. The molecule has 9 heteroatoms. The Labute approximate surface area is 201 Å². The summed E-state index contributed by atoms with van der Waals surface area (Å²) in [6.45, 7) is 3.61. The van der Waals surface area contributed by atoms with Gasteiger partial charge in [-0.25, -0.2) is 19.3 Å². The van der Waals surface area contributed by atoms with E-state index < -0.39 is 5.82 Å². The summed E-state index contributed by atoms with van der Waals surface area (Å²) in [5.41, 5.74) is 3.35. The van der Waals surface area contributed by atoms with Gasteiger partial charge in [0.1, 0.15) is 17.5 Å². The predicted molar refractivity (Wildman–Crippen MR) is 132 cm³/mol. The molecule has 34 heavy (non-hydrogen) atoms. The van der Waals surface area contributed by atoms with Gasteiger partial charge >= 0.3 is 0 Å². The molecule has 172 valence electrons. The van der Waals surface area contributed by atoms with Crippen LogP contribution in [-0.4, -0.2) is 46.1 Å². The van der Waals surface area contributed by atoms with Crippen molar-refractivity contribution in [2.24, 2.45) is 0 Å². The maximum Gasteiger partial charge on any atom is 0.162 e. The zero-order chi connectivity index (χ0) is 23.1. The van der Waals surface area contributed by atoms with Gasteiger partial charge in [-0.3, -0.25) is 4.98 Å². The third kappa shape index (κ3) is 4.03. The highest BCUT2D eigenvalue weighted by Gasteiger charge is 2.29. The summed E-state index contributed by atoms with van der Waals surface area (Å²) >= 11 is 6.11. The van der Waals surface area contributed by atoms with Gasteiger partial charge < -0.3 is 15.5 Å². The molecule has 0 unspecified atom stereocenters. The number of pyridine rings is 2. The first-order valence-electron chi connectivity index (χ1n) is 11.5. The molecule has 6 rings (SSSR count). The van der Waals surface area contributed by atoms with Gasteiger partial charge in [0.15, 0.2) is 5.82 Å². The molecular weight excluding hydrogens is 453 g/mol. The van der Waals surface area contributed by atoms with E-state index in [4.69, 9.17) is 21.6 Å². The highest BCUT2D eigenvalue weighted by atomic mass is 35.5. The van der Waals surface area contributed by atoms with Crippen molar-refractivity contribution in [3.8, 4) is 11.4 Å². The van der Waals surface area contributed by atoms with E-state index in [1.54, 1.807) is 18.3 Å². The van der Waals surface area contributed by atoms with E-state index in [1.165, 1.54) is 24.5 Å². The zero-order valence-corrected chi connectivity index (χ0v) is 19.2. The molecule has 1 aromatic carbocycles. The van der Waals surface area contributed by atoms with E-state index in [0.717, 1.165) is 48.5 Å². The molecule has 0 amide bonds. The van der Waals surface area contributed by atoms with Gasteiger partial charge in [0.2, 0.25) is 0 Å². The van der Waals surface area contributed by atoms with E-state index in [-0.39, 0.29) is 5.02 Å². The number of halogens is 2. The van der Waals surface area contributed by atoms with Crippen molar-refractivity contribution in [2.45, 2.75) is 18.8 Å². The Kier molecular flexibility index (Phi) is 5.47. The smallest absolute Gasteiger partial charge is 0.162 e. The molecular formula is C25H23ClFN7. The molecule has 1 aliphatic carbocycles. The average Bonchev–Trinajstić information content (AvgIpc) is 3.72. The van der Waals surface area contributed by atoms with Crippen molar-refractivity contribution in [1.82, 2.24) is 25.3 Å². The monoisotopic (exact) mass is 475 g/mol. The van der Waals surface area contributed by atoms with Gasteiger partial charge in [0.25, 0.3) is 0 Å². The molecule has 1 saturated carbocycles. The predicted octanol–water partition coefficient (Wildman–Crippen LogP) is 4.91. The first kappa shape index (κ1) is 21.2. The fourth-order valence-corrected chi connectivity index (χ4v) is 4.58. The Bertz CT molecular complexity index is 1370. The molecule has 0 bridgehead atoms. The van der Waals surface area contributed by atoms with Crippen molar-refractivity contribution in [3.05, 3.63) is 65.3 Å². The minimum Gasteiger partial charge on any atom is -0.353 e. The van der Waals surface area contributed by atoms with E-state index in [9.17, 15) is 4.39 Å². The van der Waals surface area contributed by atoms with Gasteiger partial charge in [-0.1, -0.05) is 17.7 Å². The lowest BCUT2D eigenvalue weighted by atomic mass is 10.1. The topological polar surface area (TPSA) is 78.9 Å². The molecule has 3 aromatic heterocycles. The van der Waals surface area contributed by atoms with Gasteiger partial charge in [0.05, 0.1) is 22.4 Å². The Morgan fingerprint density at radius 3 is 2.76 bits per heavy atom. The van der Waals surface area contributed by atoms with Crippen molar-refractivity contribution >= 4 is 39.8 Å². The molecule has 4 heterocycles. The van der Waals surface area contributed by atoms with Crippen LogP contribution in [0.15, 0.2) is 48.9 Å². The molecule has 0 radical (unpaired) electrons. The number of benzene rings is 1. The van der Waals surface area contributed by atoms with Crippen LogP contribution in [0.3, 0.4) is 0 Å². The van der Waals surface area contributed by atoms with Crippen molar-refractivity contribution in [2.75, 3.05) is 36.4 Å². The maximum atomic E-state index is 13.9. The molecule has 2 N–H and O–H groups in total. The minimum absolute atomic E-state index is 0.0244. The van der Waals surface area contributed by atoms with E-state index >= 15 is 0 Å². The van der Waals surface area contributed by atoms with Crippen LogP contribution in [0, 0.1) is 5.82 Å². The third-order valence-corrected chi connectivity index (χ3v) is 6.67. The van der Waals surface area contributed by atoms with Crippen LogP contribution in [0.1, 0.15) is 24.3 Å². The second-order valence-electron chi connectivity index (χ2n) is 8.66. The lowest BCUT2D eigenvalue weighted by Gasteiger charge is -2.30. The summed E-state index contributed by atoms with van der Waals surface area (Å²) in [5, 5.41) is 7.65. The summed E-state index contributed by atoms with van der Waals surface area (Å²) in [6, 6.07) is 8.35. The molecule has 7 nitrogen and oxygen atoms in total. The van der Waals surface area contributed by atoms with Crippen molar-refractivity contribution < 1.29 is 4.39 Å². The van der Waals surface area contributed by atoms with E-state index in [2.05, 4.69) is 25.5 Å². The lowest BCUT2D eigenvalue weighted by Crippen LogP contribution is -2.44. The van der Waals surface area contributed by atoms with Gasteiger partial charge in [-0.2, -0.15) is 0 Å². The first-order chi connectivity index (χ1) is 16.7. The average molecular weight is 476 g/mol. The summed E-state index contributed by atoms with van der Waals surface area (Å²) in [5.74, 6) is 2.15. The third-order valence-electron chi connectivity index (χ3n) is 6.28. The first-order valence-corrected chi connectivity index (χ1v) is 11.8. The van der Waals surface area contributed by atoms with Gasteiger partial charge in [-0.05, 0) is 48.6 Å². The number of aromatic nitrogens is 4. The van der Waals surface area contributed by atoms with E-state index in [1.807, 2.05) is 24.5 Å². The molecule has 1 aliphatic heterocycles. The number of anilines is 3. The highest BCUT2D eigenvalue weighted by molar-refractivity contribution is 6.33. The lowest BCUT2D eigenvalue weighted by molar-refractivity contribution is 0.586. The number of hydrogen-bond acceptors (Lipinski definition) is 7. The number of fused-ring (bicyclic) bond motifs is 1. The van der Waals surface area contributed by atoms with Crippen LogP contribution >= 0.6 is 11.6 Å². The van der Waals surface area contributed by atoms with Crippen LogP contribution in [0.2, 0.25) is 5.02 Å². The van der Waals surface area contributed by atoms with Crippen LogP contribution in [-0.2, 0) is 0 Å². The Balaban J connectivity index is 1.44. The fraction of sp³-hybridized carbons (Fsp3) is 0.280. The van der Waals surface area contributed by atoms with E-state index in [0.29, 0.717) is 23.2 Å². The van der Waals surface area contributed by atoms with Gasteiger partial charge in [-0.15, -0.1) is 0 Å². The summed E-state index contributed by atoms with van der Waals surface area (Å²) in [6.07, 6.45) is 7.86. The molecule has 2 aliphatic rings. The standard InChI is InChI=1S/C25H23ClFN7/c26-23-18(27)2-1-3-19(23)31-21-12-16(6-7-30-21)24-32-20-14-29-13-17(15-4-5-15)22(20)25(33-24)34-10-8-28-9-11-34/h1-3,6-7,12-15,28H,4-5,8-11H2,(H,30,31). The number of nitrogens with one attached hydrogen (secondary N) is 2. The summed E-state index contributed by atoms with van der Waals surface area (Å²) < 4.78 is 13.9. The number of nitrogens with zero attached hydrogens (tertiary/aromatic N) is 5. The van der Waals surface area contributed by atoms with Crippen molar-refractivity contribution in [3.63, 3.8) is 0 Å². The number of rotatable bonds is 5. The van der Waals surface area contributed by atoms with Crippen molar-refractivity contribution in [1.29, 1.82) is 0 Å². The van der Waals surface area contributed by atoms with Crippen LogP contribution in [0.4, 0.5) is 21.7 Å². The highest BCUT2D eigenvalue weighted by Crippen LogP contribution is 2.44. The molecule has 2 fully saturated rings. The Morgan fingerprint density at radius 2 is 1.94 bits per heavy atom. The Hall–Kier alpha value is -3.36. The molecule has 0 spiro atoms. The zero-order valence-electron chi connectivity index (χ0n) is 18.4. The summed E-state index contributed by atoms with van der Waals surface area (Å²) in [4.78, 5) is 21.2. The SMILES string of the molecule is Fc1cccc(Nc2cc(-c3nc(N4CCNCC4)c4c(C5CC5)cncc4n3)ccn2)c1Cl. The molecule has 1 saturated heterocycles. The number of piperazine rings is 1. The van der Waals surface area contributed by atoms with Crippen LogP contribution in [0.25, 0.3) is 22.3 Å². The maximum absolute atomic E-state index is 13.9. The second kappa shape index (κ2) is 8.77. The molecule has 0 atom stereocenters. The number of hydrogen-bond donors (Lipinski definition) is 2. The van der Waals surface area contributed by atoms with Gasteiger partial charge in [0, 0.05) is 49.5 Å². The molecule has 4 aromatic rings. The summed E-state index contributed by atoms with van der Waals surface area (Å²) in [7, 11) is 0. The quantitative estimate of drug-likeness (QED) is 0.424. The Morgan fingerprint density at radius 1 is 1.09 bits per heavy atom. The van der Waals surface area contributed by atoms with Crippen LogP contribution < -0.4 is 15.5 Å². The second-order valence-corrected chi connectivity index (χ2v) is 9.04. The fourth-order valence-electron chi connectivity index (χ4n) is 4.40. The normalized spacial score (nSPS) is 16.1.